The van der Waals surface area contributed by atoms with Crippen LogP contribution < -0.4 is 0 Å². The molecule has 4 heteroatoms. The van der Waals surface area contributed by atoms with Crippen molar-refractivity contribution < 1.29 is 19.0 Å². The maximum absolute atomic E-state index is 13.4. The van der Waals surface area contributed by atoms with Crippen LogP contribution in [-0.2, 0) is 11.3 Å². The van der Waals surface area contributed by atoms with E-state index in [1.165, 1.54) is 37.8 Å². The lowest BCUT2D eigenvalue weighted by Gasteiger charge is -2.10. The first-order valence-corrected chi connectivity index (χ1v) is 6.26. The van der Waals surface area contributed by atoms with Crippen LogP contribution in [0, 0.1) is 11.7 Å². The molecule has 1 aromatic carbocycles. The van der Waals surface area contributed by atoms with Gasteiger partial charge in [-0.25, -0.2) is 9.18 Å². The molecule has 18 heavy (non-hydrogen) atoms. The Kier molecular flexibility index (Phi) is 4.31. The zero-order chi connectivity index (χ0) is 13.0. The van der Waals surface area contributed by atoms with Crippen LogP contribution in [0.2, 0.25) is 0 Å². The molecule has 2 rings (SSSR count). The number of aromatic carboxylic acids is 1. The van der Waals surface area contributed by atoms with Crippen LogP contribution in [0.3, 0.4) is 0 Å². The lowest BCUT2D eigenvalue weighted by Crippen LogP contribution is -2.06. The van der Waals surface area contributed by atoms with Gasteiger partial charge in [-0.2, -0.15) is 0 Å². The maximum Gasteiger partial charge on any atom is 0.338 e. The van der Waals surface area contributed by atoms with Gasteiger partial charge in [0, 0.05) is 6.61 Å². The van der Waals surface area contributed by atoms with Gasteiger partial charge in [0.2, 0.25) is 0 Å². The largest absolute Gasteiger partial charge is 0.478 e. The van der Waals surface area contributed by atoms with E-state index in [0.29, 0.717) is 24.7 Å². The minimum atomic E-state index is -1.24. The van der Waals surface area contributed by atoms with E-state index in [9.17, 15) is 9.18 Å². The normalized spacial score (nSPS) is 16.1. The van der Waals surface area contributed by atoms with Crippen molar-refractivity contribution in [3.8, 4) is 0 Å². The summed E-state index contributed by atoms with van der Waals surface area (Å²) in [6.45, 7) is 1.05. The fourth-order valence-corrected chi connectivity index (χ4v) is 2.34. The summed E-state index contributed by atoms with van der Waals surface area (Å²) in [5.74, 6) is -1.32. The topological polar surface area (TPSA) is 46.5 Å². The summed E-state index contributed by atoms with van der Waals surface area (Å²) in [6, 6.07) is 4.12. The van der Waals surface area contributed by atoms with Crippen LogP contribution in [0.15, 0.2) is 18.2 Å². The highest BCUT2D eigenvalue weighted by Crippen LogP contribution is 2.25. The molecule has 1 fully saturated rings. The molecule has 0 aliphatic heterocycles. The van der Waals surface area contributed by atoms with Gasteiger partial charge in [0.25, 0.3) is 0 Å². The summed E-state index contributed by atoms with van der Waals surface area (Å²) >= 11 is 0. The average Bonchev–Trinajstić information content (AvgIpc) is 2.81. The number of hydrogen-bond donors (Lipinski definition) is 1. The summed E-state index contributed by atoms with van der Waals surface area (Å²) in [5.41, 5.74) is 0.380. The van der Waals surface area contributed by atoms with Gasteiger partial charge in [0.15, 0.2) is 0 Å². The van der Waals surface area contributed by atoms with Crippen LogP contribution in [0.4, 0.5) is 4.39 Å². The van der Waals surface area contributed by atoms with E-state index in [1.807, 2.05) is 0 Å². The molecule has 1 aromatic rings. The Morgan fingerprint density at radius 3 is 2.72 bits per heavy atom. The van der Waals surface area contributed by atoms with E-state index in [1.54, 1.807) is 6.07 Å². The average molecular weight is 252 g/mol. The van der Waals surface area contributed by atoms with Gasteiger partial charge in [-0.1, -0.05) is 18.9 Å². The van der Waals surface area contributed by atoms with Crippen LogP contribution >= 0.6 is 0 Å². The highest BCUT2D eigenvalue weighted by atomic mass is 19.1. The number of carboxylic acids is 1. The summed E-state index contributed by atoms with van der Waals surface area (Å²) in [5, 5.41) is 8.70. The number of carboxylic acid groups (broad SMARTS) is 1. The summed E-state index contributed by atoms with van der Waals surface area (Å²) in [7, 11) is 0. The highest BCUT2D eigenvalue weighted by Gasteiger charge is 2.15. The van der Waals surface area contributed by atoms with E-state index >= 15 is 0 Å². The van der Waals surface area contributed by atoms with Gasteiger partial charge in [-0.3, -0.25) is 0 Å². The standard InChI is InChI=1S/C14H17FO3/c15-13-7-11(5-6-12(13)14(16)17)9-18-8-10-3-1-2-4-10/h5-7,10H,1-4,8-9H2,(H,16,17). The highest BCUT2D eigenvalue weighted by molar-refractivity contribution is 5.87. The molecule has 1 aliphatic rings. The first-order valence-electron chi connectivity index (χ1n) is 6.26. The smallest absolute Gasteiger partial charge is 0.338 e. The van der Waals surface area contributed by atoms with Crippen molar-refractivity contribution in [3.63, 3.8) is 0 Å². The van der Waals surface area contributed by atoms with Gasteiger partial charge >= 0.3 is 5.97 Å². The molecule has 0 heterocycles. The van der Waals surface area contributed by atoms with Crippen LogP contribution in [0.5, 0.6) is 0 Å². The van der Waals surface area contributed by atoms with Gasteiger partial charge in [-0.15, -0.1) is 0 Å². The zero-order valence-corrected chi connectivity index (χ0v) is 10.2. The molecule has 98 valence electrons. The Morgan fingerprint density at radius 1 is 1.39 bits per heavy atom. The van der Waals surface area contributed by atoms with Crippen molar-refractivity contribution in [2.45, 2.75) is 32.3 Å². The van der Waals surface area contributed by atoms with Gasteiger partial charge in [0.05, 0.1) is 12.2 Å². The maximum atomic E-state index is 13.4. The molecule has 1 aliphatic carbocycles. The van der Waals surface area contributed by atoms with Crippen molar-refractivity contribution >= 4 is 5.97 Å². The van der Waals surface area contributed by atoms with Crippen molar-refractivity contribution in [1.82, 2.24) is 0 Å². The molecule has 0 atom stereocenters. The molecule has 0 amide bonds. The number of rotatable bonds is 5. The number of hydrogen-bond acceptors (Lipinski definition) is 2. The molecule has 1 saturated carbocycles. The Morgan fingerprint density at radius 2 is 2.11 bits per heavy atom. The Labute approximate surface area is 106 Å². The predicted molar refractivity (Wildman–Crippen MR) is 65.0 cm³/mol. The summed E-state index contributed by atoms with van der Waals surface area (Å²) < 4.78 is 18.9. The number of halogens is 1. The Hall–Kier alpha value is -1.42. The quantitative estimate of drug-likeness (QED) is 0.875. The lowest BCUT2D eigenvalue weighted by molar-refractivity contribution is 0.0691. The molecule has 0 bridgehead atoms. The third-order valence-corrected chi connectivity index (χ3v) is 3.36. The Bertz CT molecular complexity index is 425. The van der Waals surface area contributed by atoms with E-state index < -0.39 is 11.8 Å². The fourth-order valence-electron chi connectivity index (χ4n) is 2.34. The second-order valence-electron chi connectivity index (χ2n) is 4.78. The molecule has 0 spiro atoms. The van der Waals surface area contributed by atoms with E-state index in [2.05, 4.69) is 0 Å². The summed E-state index contributed by atoms with van der Waals surface area (Å²) in [6.07, 6.45) is 4.98. The monoisotopic (exact) mass is 252 g/mol. The second kappa shape index (κ2) is 5.96. The van der Waals surface area contributed by atoms with Crippen LogP contribution in [0.1, 0.15) is 41.6 Å². The van der Waals surface area contributed by atoms with E-state index in [4.69, 9.17) is 9.84 Å². The van der Waals surface area contributed by atoms with Crippen molar-refractivity contribution in [2.24, 2.45) is 5.92 Å². The van der Waals surface area contributed by atoms with Crippen LogP contribution in [0.25, 0.3) is 0 Å². The Balaban J connectivity index is 1.85. The number of ether oxygens (including phenoxy) is 1. The summed E-state index contributed by atoms with van der Waals surface area (Å²) in [4.78, 5) is 10.6. The molecule has 0 radical (unpaired) electrons. The van der Waals surface area contributed by atoms with E-state index in [0.717, 1.165) is 0 Å². The second-order valence-corrected chi connectivity index (χ2v) is 4.78. The van der Waals surface area contributed by atoms with Gasteiger partial charge in [0.1, 0.15) is 5.82 Å². The molecular weight excluding hydrogens is 235 g/mol. The van der Waals surface area contributed by atoms with Crippen LogP contribution in [-0.4, -0.2) is 17.7 Å². The molecule has 3 nitrogen and oxygen atoms in total. The molecule has 0 saturated heterocycles. The predicted octanol–water partition coefficient (Wildman–Crippen LogP) is 3.23. The lowest BCUT2D eigenvalue weighted by atomic mass is 10.1. The minimum absolute atomic E-state index is 0.297. The van der Waals surface area contributed by atoms with Crippen molar-refractivity contribution in [3.05, 3.63) is 35.1 Å². The third-order valence-electron chi connectivity index (χ3n) is 3.36. The molecular formula is C14H17FO3. The SMILES string of the molecule is O=C(O)c1ccc(COCC2CCCC2)cc1F. The molecule has 0 aromatic heterocycles. The van der Waals surface area contributed by atoms with Gasteiger partial charge < -0.3 is 9.84 Å². The van der Waals surface area contributed by atoms with E-state index in [-0.39, 0.29) is 5.56 Å². The van der Waals surface area contributed by atoms with Crippen molar-refractivity contribution in [2.75, 3.05) is 6.61 Å². The number of carbonyl (C=O) groups is 1. The zero-order valence-electron chi connectivity index (χ0n) is 10.2. The van der Waals surface area contributed by atoms with Gasteiger partial charge in [-0.05, 0) is 36.5 Å². The molecule has 0 unspecified atom stereocenters. The third kappa shape index (κ3) is 3.29. The molecule has 1 N–H and O–H groups in total. The van der Waals surface area contributed by atoms with Crippen molar-refractivity contribution in [1.29, 1.82) is 0 Å². The minimum Gasteiger partial charge on any atom is -0.478 e. The first-order chi connectivity index (χ1) is 8.66. The number of benzene rings is 1. The fraction of sp³-hybridized carbons (Fsp3) is 0.500. The first kappa shape index (κ1) is 13.0.